The van der Waals surface area contributed by atoms with E-state index in [2.05, 4.69) is 11.7 Å². The molecule has 0 amide bonds. The zero-order valence-electron chi connectivity index (χ0n) is 24.7. The van der Waals surface area contributed by atoms with E-state index in [9.17, 15) is 22.0 Å². The van der Waals surface area contributed by atoms with Crippen LogP contribution in [0.2, 0.25) is 0 Å². The molecule has 0 spiro atoms. The summed E-state index contributed by atoms with van der Waals surface area (Å²) in [5.74, 6) is -4.30. The lowest BCUT2D eigenvalue weighted by Crippen LogP contribution is -2.22. The first-order chi connectivity index (χ1) is 21.1. The Balaban J connectivity index is 1.34. The maximum Gasteiger partial charge on any atom is 0.426 e. The highest BCUT2D eigenvalue weighted by molar-refractivity contribution is 5.66. The molecule has 2 nitrogen and oxygen atoms in total. The topological polar surface area (TPSA) is 18.5 Å². The van der Waals surface area contributed by atoms with Crippen molar-refractivity contribution in [3.8, 4) is 22.6 Å². The Morgan fingerprint density at radius 3 is 2.05 bits per heavy atom. The molecule has 1 aliphatic rings. The fourth-order valence-corrected chi connectivity index (χ4v) is 5.88. The highest BCUT2D eigenvalue weighted by Gasteiger charge is 2.35. The molecule has 1 saturated carbocycles. The number of benzene rings is 3. The monoisotopic (exact) mass is 622 g/mol. The van der Waals surface area contributed by atoms with E-state index in [1.807, 2.05) is 0 Å². The van der Waals surface area contributed by atoms with Crippen LogP contribution in [0.15, 0.2) is 66.9 Å². The fourth-order valence-electron chi connectivity index (χ4n) is 5.88. The van der Waals surface area contributed by atoms with Crippen molar-refractivity contribution >= 4 is 0 Å². The van der Waals surface area contributed by atoms with E-state index in [1.54, 1.807) is 12.1 Å². The maximum absolute atomic E-state index is 15.0. The zero-order valence-corrected chi connectivity index (χ0v) is 24.7. The van der Waals surface area contributed by atoms with Crippen LogP contribution >= 0.6 is 0 Å². The molecular weight excluding hydrogens is 585 g/mol. The molecule has 0 radical (unpaired) electrons. The molecular formula is C35H37F7O2. The van der Waals surface area contributed by atoms with Gasteiger partial charge in [-0.3, -0.25) is 0 Å². The third-order valence-corrected chi connectivity index (χ3v) is 8.29. The van der Waals surface area contributed by atoms with Gasteiger partial charge in [-0.15, -0.1) is 0 Å². The van der Waals surface area contributed by atoms with Gasteiger partial charge in [0.05, 0.1) is 5.56 Å². The van der Waals surface area contributed by atoms with Crippen LogP contribution < -0.4 is 9.47 Å². The standard InChI is InChI=1S/C35H37F7O2/c1-2-3-4-5-6-7-8-23-9-11-24(12-10-23)25-13-15-27(16-14-25)35(41,42)44-28-17-18-29(30(36)21-28)26-19-31(37)34(32(38)20-26)43-22-33(39)40/h13-24H,2-12H2,1H3. The van der Waals surface area contributed by atoms with Gasteiger partial charge in [-0.1, -0.05) is 64.0 Å². The Morgan fingerprint density at radius 2 is 1.43 bits per heavy atom. The van der Waals surface area contributed by atoms with Crippen LogP contribution in [-0.2, 0) is 6.11 Å². The fraction of sp³-hybridized carbons (Fsp3) is 0.429. The minimum absolute atomic E-state index is 0.135. The molecule has 9 heteroatoms. The van der Waals surface area contributed by atoms with Crippen molar-refractivity contribution in [1.82, 2.24) is 0 Å². The second-order valence-electron chi connectivity index (χ2n) is 11.5. The summed E-state index contributed by atoms with van der Waals surface area (Å²) in [4.78, 5) is 0. The molecule has 0 saturated heterocycles. The van der Waals surface area contributed by atoms with Gasteiger partial charge in [0, 0.05) is 11.6 Å². The average molecular weight is 623 g/mol. The molecule has 3 aromatic carbocycles. The van der Waals surface area contributed by atoms with Crippen LogP contribution in [0.1, 0.15) is 94.6 Å². The smallest absolute Gasteiger partial charge is 0.426 e. The van der Waals surface area contributed by atoms with Gasteiger partial charge < -0.3 is 9.47 Å². The number of unbranched alkanes of at least 4 members (excludes halogenated alkanes) is 5. The van der Waals surface area contributed by atoms with E-state index in [0.717, 1.165) is 49.3 Å². The summed E-state index contributed by atoms with van der Waals surface area (Å²) in [6, 6.07) is 10.2. The molecule has 3 aromatic rings. The second kappa shape index (κ2) is 15.5. The molecule has 0 atom stereocenters. The van der Waals surface area contributed by atoms with E-state index in [4.69, 9.17) is 4.74 Å². The first kappa shape index (κ1) is 33.4. The molecule has 238 valence electrons. The summed E-state index contributed by atoms with van der Waals surface area (Å²) in [7, 11) is 0. The van der Waals surface area contributed by atoms with Gasteiger partial charge in [-0.25, -0.2) is 13.2 Å². The van der Waals surface area contributed by atoms with Crippen LogP contribution in [0.3, 0.4) is 0 Å². The van der Waals surface area contributed by atoms with E-state index in [0.29, 0.717) is 24.1 Å². The van der Waals surface area contributed by atoms with Crippen LogP contribution in [0.5, 0.6) is 11.5 Å². The first-order valence-electron chi connectivity index (χ1n) is 15.2. The van der Waals surface area contributed by atoms with E-state index in [-0.39, 0.29) is 23.0 Å². The van der Waals surface area contributed by atoms with Crippen molar-refractivity contribution in [2.75, 3.05) is 0 Å². The molecule has 0 heterocycles. The summed E-state index contributed by atoms with van der Waals surface area (Å²) >= 11 is 0. The van der Waals surface area contributed by atoms with Gasteiger partial charge in [-0.05, 0) is 85.0 Å². The van der Waals surface area contributed by atoms with Gasteiger partial charge in [0.25, 0.3) is 0 Å². The lowest BCUT2D eigenvalue weighted by molar-refractivity contribution is -0.185. The summed E-state index contributed by atoms with van der Waals surface area (Å²) in [5.41, 5.74) is 0.0175. The van der Waals surface area contributed by atoms with Gasteiger partial charge in [0.15, 0.2) is 23.6 Å². The molecule has 0 aliphatic heterocycles. The van der Waals surface area contributed by atoms with E-state index < -0.39 is 41.1 Å². The number of halogens is 7. The van der Waals surface area contributed by atoms with Gasteiger partial charge in [0.2, 0.25) is 0 Å². The summed E-state index contributed by atoms with van der Waals surface area (Å²) < 4.78 is 107. The van der Waals surface area contributed by atoms with Crippen molar-refractivity contribution in [1.29, 1.82) is 0 Å². The number of hydrogen-bond donors (Lipinski definition) is 0. The second-order valence-corrected chi connectivity index (χ2v) is 11.5. The normalized spacial score (nSPS) is 16.9. The van der Waals surface area contributed by atoms with Gasteiger partial charge in [-0.2, -0.15) is 17.6 Å². The minimum Gasteiger partial charge on any atom is -0.453 e. The Bertz CT molecular complexity index is 1370. The Morgan fingerprint density at radius 1 is 0.795 bits per heavy atom. The van der Waals surface area contributed by atoms with Gasteiger partial charge in [0.1, 0.15) is 11.6 Å². The van der Waals surface area contributed by atoms with Crippen molar-refractivity contribution in [2.24, 2.45) is 5.92 Å². The molecule has 44 heavy (non-hydrogen) atoms. The lowest BCUT2D eigenvalue weighted by Gasteiger charge is -2.29. The summed E-state index contributed by atoms with van der Waals surface area (Å²) in [5, 5.41) is 0. The average Bonchev–Trinajstić information content (AvgIpc) is 2.98. The van der Waals surface area contributed by atoms with Crippen LogP contribution in [0.4, 0.5) is 30.7 Å². The zero-order chi connectivity index (χ0) is 31.7. The first-order valence-corrected chi connectivity index (χ1v) is 15.2. The Hall–Kier alpha value is -3.49. The van der Waals surface area contributed by atoms with Crippen molar-refractivity contribution in [2.45, 2.75) is 89.6 Å². The third-order valence-electron chi connectivity index (χ3n) is 8.29. The molecule has 0 N–H and O–H groups in total. The quantitative estimate of drug-likeness (QED) is 0.101. The Labute approximate surface area is 253 Å². The molecule has 1 fully saturated rings. The minimum atomic E-state index is -3.77. The molecule has 4 rings (SSSR count). The van der Waals surface area contributed by atoms with Crippen LogP contribution in [0.25, 0.3) is 11.1 Å². The maximum atomic E-state index is 15.0. The van der Waals surface area contributed by atoms with Crippen molar-refractivity contribution in [3.05, 3.63) is 95.5 Å². The predicted molar refractivity (Wildman–Crippen MR) is 156 cm³/mol. The van der Waals surface area contributed by atoms with Gasteiger partial charge >= 0.3 is 12.2 Å². The van der Waals surface area contributed by atoms with Crippen molar-refractivity contribution < 1.29 is 40.2 Å². The summed E-state index contributed by atoms with van der Waals surface area (Å²) in [6.07, 6.45) is 7.19. The molecule has 1 aliphatic carbocycles. The number of ether oxygens (including phenoxy) is 2. The highest BCUT2D eigenvalue weighted by atomic mass is 19.3. The lowest BCUT2D eigenvalue weighted by atomic mass is 9.77. The molecule has 0 aromatic heterocycles. The SMILES string of the molecule is CCCCCCCCC1CCC(c2ccc(C(F)(F)Oc3ccc(-c4cc(F)c(OC=C(F)F)c(F)c4)c(F)c3)cc2)CC1. The van der Waals surface area contributed by atoms with E-state index in [1.165, 1.54) is 57.1 Å². The largest absolute Gasteiger partial charge is 0.453 e. The van der Waals surface area contributed by atoms with E-state index >= 15 is 8.78 Å². The molecule has 0 unspecified atom stereocenters. The van der Waals surface area contributed by atoms with Crippen LogP contribution in [-0.4, -0.2) is 0 Å². The highest BCUT2D eigenvalue weighted by Crippen LogP contribution is 2.40. The number of alkyl halides is 2. The molecule has 0 bridgehead atoms. The number of rotatable bonds is 14. The predicted octanol–water partition coefficient (Wildman–Crippen LogP) is 12.0. The van der Waals surface area contributed by atoms with Crippen LogP contribution in [0, 0.1) is 23.4 Å². The summed E-state index contributed by atoms with van der Waals surface area (Å²) in [6.45, 7) is 2.22. The third kappa shape index (κ3) is 9.02. The Kier molecular flexibility index (Phi) is 11.8. The van der Waals surface area contributed by atoms with Crippen molar-refractivity contribution in [3.63, 3.8) is 0 Å². The number of hydrogen-bond acceptors (Lipinski definition) is 2.